The largest absolute Gasteiger partial charge is 0.392 e. The molecule has 1 atom stereocenters. The van der Waals surface area contributed by atoms with E-state index in [0.29, 0.717) is 6.42 Å². The zero-order chi connectivity index (χ0) is 12.1. The highest BCUT2D eigenvalue weighted by molar-refractivity contribution is 5.76. The number of aryl methyl sites for hydroxylation is 1. The first kappa shape index (κ1) is 12.9. The summed E-state index contributed by atoms with van der Waals surface area (Å²) >= 11 is 0. The number of hydrogen-bond acceptors (Lipinski definition) is 2. The molecular formula is C14H20O2. The summed E-state index contributed by atoms with van der Waals surface area (Å²) in [5, 5.41) is 9.34. The van der Waals surface area contributed by atoms with Crippen LogP contribution in [0.3, 0.4) is 0 Å². The van der Waals surface area contributed by atoms with E-state index in [1.165, 1.54) is 5.56 Å². The van der Waals surface area contributed by atoms with Gasteiger partial charge in [0.2, 0.25) is 0 Å². The van der Waals surface area contributed by atoms with Crippen molar-refractivity contribution in [1.82, 2.24) is 0 Å². The molecule has 2 heteroatoms. The van der Waals surface area contributed by atoms with Crippen LogP contribution in [-0.2, 0) is 17.8 Å². The first-order chi connectivity index (χ1) is 7.58. The number of carbonyl (C=O) groups excluding carboxylic acids is 1. The van der Waals surface area contributed by atoms with Crippen molar-refractivity contribution in [2.75, 3.05) is 0 Å². The monoisotopic (exact) mass is 220 g/mol. The Labute approximate surface area is 97.3 Å². The van der Waals surface area contributed by atoms with Crippen molar-refractivity contribution in [3.63, 3.8) is 0 Å². The standard InChI is InChI=1S/C14H20O2/c1-4-12-5-6-14(13(8-12)9-15)10(2)7-11(3)16/h5-6,8,10,15H,4,7,9H2,1-3H3. The Bertz CT molecular complexity index is 369. The van der Waals surface area contributed by atoms with Gasteiger partial charge in [-0.3, -0.25) is 0 Å². The lowest BCUT2D eigenvalue weighted by Gasteiger charge is -2.15. The lowest BCUT2D eigenvalue weighted by Crippen LogP contribution is -2.04. The Morgan fingerprint density at radius 1 is 1.44 bits per heavy atom. The first-order valence-electron chi connectivity index (χ1n) is 5.80. The summed E-state index contributed by atoms with van der Waals surface area (Å²) in [7, 11) is 0. The Kier molecular flexibility index (Phi) is 4.69. The number of carbonyl (C=O) groups is 1. The summed E-state index contributed by atoms with van der Waals surface area (Å²) in [6, 6.07) is 6.15. The summed E-state index contributed by atoms with van der Waals surface area (Å²) in [6.07, 6.45) is 1.51. The average Bonchev–Trinajstić information content (AvgIpc) is 2.27. The molecular weight excluding hydrogens is 200 g/mol. The molecule has 0 saturated heterocycles. The number of hydrogen-bond donors (Lipinski definition) is 1. The maximum atomic E-state index is 11.1. The smallest absolute Gasteiger partial charge is 0.130 e. The summed E-state index contributed by atoms with van der Waals surface area (Å²) in [6.45, 7) is 5.78. The van der Waals surface area contributed by atoms with Crippen LogP contribution in [0, 0.1) is 0 Å². The molecule has 2 nitrogen and oxygen atoms in total. The molecule has 0 fully saturated rings. The number of aliphatic hydroxyl groups excluding tert-OH is 1. The molecule has 1 rings (SSSR count). The third-order valence-corrected chi connectivity index (χ3v) is 2.91. The maximum Gasteiger partial charge on any atom is 0.130 e. The van der Waals surface area contributed by atoms with Crippen LogP contribution in [0.4, 0.5) is 0 Å². The summed E-state index contributed by atoms with van der Waals surface area (Å²) in [5.41, 5.74) is 3.27. The van der Waals surface area contributed by atoms with Gasteiger partial charge in [0.05, 0.1) is 6.61 Å². The molecule has 0 aromatic heterocycles. The predicted octanol–water partition coefficient (Wildman–Crippen LogP) is 2.82. The van der Waals surface area contributed by atoms with Crippen LogP contribution in [0.25, 0.3) is 0 Å². The van der Waals surface area contributed by atoms with Crippen LogP contribution in [0.2, 0.25) is 0 Å². The van der Waals surface area contributed by atoms with Crippen molar-refractivity contribution < 1.29 is 9.90 Å². The van der Waals surface area contributed by atoms with Crippen LogP contribution in [-0.4, -0.2) is 10.9 Å². The number of aliphatic hydroxyl groups is 1. The first-order valence-corrected chi connectivity index (χ1v) is 5.80. The van der Waals surface area contributed by atoms with Crippen molar-refractivity contribution in [3.05, 3.63) is 34.9 Å². The molecule has 16 heavy (non-hydrogen) atoms. The minimum atomic E-state index is 0.0470. The van der Waals surface area contributed by atoms with E-state index in [4.69, 9.17) is 0 Å². The third-order valence-electron chi connectivity index (χ3n) is 2.91. The molecule has 1 aromatic rings. The van der Waals surface area contributed by atoms with E-state index in [-0.39, 0.29) is 18.3 Å². The quantitative estimate of drug-likeness (QED) is 0.828. The van der Waals surface area contributed by atoms with E-state index in [9.17, 15) is 9.90 Å². The average molecular weight is 220 g/mol. The zero-order valence-corrected chi connectivity index (χ0v) is 10.3. The highest BCUT2D eigenvalue weighted by Crippen LogP contribution is 2.24. The van der Waals surface area contributed by atoms with Crippen molar-refractivity contribution >= 4 is 5.78 Å². The van der Waals surface area contributed by atoms with Crippen molar-refractivity contribution in [1.29, 1.82) is 0 Å². The van der Waals surface area contributed by atoms with Gasteiger partial charge in [-0.15, -0.1) is 0 Å². The molecule has 0 aliphatic heterocycles. The van der Waals surface area contributed by atoms with E-state index >= 15 is 0 Å². The van der Waals surface area contributed by atoms with Gasteiger partial charge < -0.3 is 9.90 Å². The number of rotatable bonds is 5. The second kappa shape index (κ2) is 5.80. The van der Waals surface area contributed by atoms with Crippen LogP contribution < -0.4 is 0 Å². The highest BCUT2D eigenvalue weighted by atomic mass is 16.3. The fourth-order valence-corrected chi connectivity index (χ4v) is 2.04. The molecule has 1 N–H and O–H groups in total. The van der Waals surface area contributed by atoms with Gasteiger partial charge in [-0.1, -0.05) is 32.0 Å². The van der Waals surface area contributed by atoms with Crippen molar-refractivity contribution in [2.24, 2.45) is 0 Å². The third kappa shape index (κ3) is 3.17. The maximum absolute atomic E-state index is 11.1. The summed E-state index contributed by atoms with van der Waals surface area (Å²) in [5.74, 6) is 0.376. The minimum Gasteiger partial charge on any atom is -0.392 e. The van der Waals surface area contributed by atoms with Gasteiger partial charge in [0.1, 0.15) is 5.78 Å². The Hall–Kier alpha value is -1.15. The van der Waals surface area contributed by atoms with Gasteiger partial charge in [-0.2, -0.15) is 0 Å². The molecule has 88 valence electrons. The minimum absolute atomic E-state index is 0.0470. The zero-order valence-electron chi connectivity index (χ0n) is 10.3. The number of ketones is 1. The fraction of sp³-hybridized carbons (Fsp3) is 0.500. The molecule has 0 aliphatic rings. The summed E-state index contributed by atoms with van der Waals surface area (Å²) in [4.78, 5) is 11.1. The van der Waals surface area contributed by atoms with E-state index in [1.807, 2.05) is 19.1 Å². The molecule has 0 saturated carbocycles. The summed E-state index contributed by atoms with van der Waals surface area (Å²) < 4.78 is 0. The molecule has 0 spiro atoms. The molecule has 1 unspecified atom stereocenters. The van der Waals surface area contributed by atoms with Crippen molar-refractivity contribution in [3.8, 4) is 0 Å². The molecule has 1 aromatic carbocycles. The van der Waals surface area contributed by atoms with Crippen LogP contribution >= 0.6 is 0 Å². The van der Waals surface area contributed by atoms with Crippen LogP contribution in [0.5, 0.6) is 0 Å². The predicted molar refractivity (Wildman–Crippen MR) is 65.5 cm³/mol. The molecule has 0 amide bonds. The van der Waals surface area contributed by atoms with E-state index in [2.05, 4.69) is 13.0 Å². The lowest BCUT2D eigenvalue weighted by molar-refractivity contribution is -0.117. The normalized spacial score (nSPS) is 12.5. The topological polar surface area (TPSA) is 37.3 Å². The molecule has 0 radical (unpaired) electrons. The Morgan fingerprint density at radius 3 is 2.62 bits per heavy atom. The van der Waals surface area contributed by atoms with Gasteiger partial charge in [-0.05, 0) is 36.0 Å². The second-order valence-electron chi connectivity index (χ2n) is 4.35. The SMILES string of the molecule is CCc1ccc(C(C)CC(C)=O)c(CO)c1. The molecule has 0 aliphatic carbocycles. The Balaban J connectivity index is 2.98. The molecule has 0 heterocycles. The van der Waals surface area contributed by atoms with E-state index in [0.717, 1.165) is 17.5 Å². The van der Waals surface area contributed by atoms with E-state index in [1.54, 1.807) is 6.92 Å². The second-order valence-corrected chi connectivity index (χ2v) is 4.35. The fourth-order valence-electron chi connectivity index (χ4n) is 2.04. The van der Waals surface area contributed by atoms with Gasteiger partial charge in [0, 0.05) is 6.42 Å². The lowest BCUT2D eigenvalue weighted by atomic mass is 9.90. The number of benzene rings is 1. The van der Waals surface area contributed by atoms with Crippen LogP contribution in [0.1, 0.15) is 49.8 Å². The van der Waals surface area contributed by atoms with E-state index < -0.39 is 0 Å². The highest BCUT2D eigenvalue weighted by Gasteiger charge is 2.12. The van der Waals surface area contributed by atoms with Gasteiger partial charge in [0.25, 0.3) is 0 Å². The van der Waals surface area contributed by atoms with Crippen LogP contribution in [0.15, 0.2) is 18.2 Å². The van der Waals surface area contributed by atoms with Gasteiger partial charge >= 0.3 is 0 Å². The Morgan fingerprint density at radius 2 is 2.12 bits per heavy atom. The van der Waals surface area contributed by atoms with Crippen molar-refractivity contribution in [2.45, 2.75) is 46.1 Å². The molecule has 0 bridgehead atoms. The number of Topliss-reactive ketones (excluding diaryl/α,β-unsaturated/α-hetero) is 1. The van der Waals surface area contributed by atoms with Gasteiger partial charge in [0.15, 0.2) is 0 Å². The van der Waals surface area contributed by atoms with Gasteiger partial charge in [-0.25, -0.2) is 0 Å².